The fourth-order valence-corrected chi connectivity index (χ4v) is 12.4. The summed E-state index contributed by atoms with van der Waals surface area (Å²) in [5.41, 5.74) is 24.8. The molecular weight excluding hydrogens is 1090 g/mol. The van der Waals surface area contributed by atoms with Gasteiger partial charge >= 0.3 is 0 Å². The lowest BCUT2D eigenvalue weighted by molar-refractivity contribution is -0.660. The fraction of sp³-hybridized carbons (Fsp3) is 0.139. The van der Waals surface area contributed by atoms with Crippen molar-refractivity contribution in [1.82, 2.24) is 0 Å². The molecule has 0 aliphatic heterocycles. The lowest BCUT2D eigenvalue weighted by Gasteiger charge is -2.05. The number of rotatable bonds is 4. The topological polar surface area (TPSA) is 68.1 Å². The van der Waals surface area contributed by atoms with Gasteiger partial charge in [-0.1, -0.05) is 66.7 Å². The second-order valence-corrected chi connectivity index (χ2v) is 23.5. The molecule has 8 aromatic carbocycles. The molecule has 432 valence electrons. The zero-order valence-corrected chi connectivity index (χ0v) is 51.6. The molecule has 88 heavy (non-hydrogen) atoms. The van der Waals surface area contributed by atoms with Crippen LogP contribution in [-0.4, -0.2) is 0 Å². The van der Waals surface area contributed by atoms with Crippen molar-refractivity contribution < 1.29 is 40.3 Å². The van der Waals surface area contributed by atoms with Crippen molar-refractivity contribution in [1.29, 1.82) is 0 Å². The molecule has 8 nitrogen and oxygen atoms in total. The third kappa shape index (κ3) is 10.6. The van der Waals surface area contributed by atoms with E-state index in [4.69, 9.17) is 17.7 Å². The van der Waals surface area contributed by atoms with E-state index >= 15 is 0 Å². The molecule has 0 bridgehead atoms. The van der Waals surface area contributed by atoms with E-state index in [0.29, 0.717) is 11.2 Å². The first-order valence-electron chi connectivity index (χ1n) is 29.8. The number of benzene rings is 8. The van der Waals surface area contributed by atoms with Gasteiger partial charge in [0, 0.05) is 91.1 Å². The number of halogens is 1. The number of pyridine rings is 4. The van der Waals surface area contributed by atoms with Crippen LogP contribution in [-0.2, 0) is 28.2 Å². The van der Waals surface area contributed by atoms with Crippen LogP contribution in [0.4, 0.5) is 4.39 Å². The van der Waals surface area contributed by atoms with E-state index in [1.54, 1.807) is 6.07 Å². The van der Waals surface area contributed by atoms with Crippen LogP contribution >= 0.6 is 0 Å². The Balaban J connectivity index is 0.000000108. The largest absolute Gasteiger partial charge is 0.456 e. The lowest BCUT2D eigenvalue weighted by Crippen LogP contribution is -2.31. The van der Waals surface area contributed by atoms with Crippen molar-refractivity contribution in [2.24, 2.45) is 28.2 Å². The highest BCUT2D eigenvalue weighted by molar-refractivity contribution is 6.09. The maximum atomic E-state index is 14.0. The predicted molar refractivity (Wildman–Crippen MR) is 354 cm³/mol. The predicted octanol–water partition coefficient (Wildman–Crippen LogP) is 18.6. The fourth-order valence-electron chi connectivity index (χ4n) is 12.4. The Morgan fingerprint density at radius 3 is 1.09 bits per heavy atom. The number of nitrogens with zero attached hydrogens (tertiary/aromatic N) is 4. The number of furan rings is 4. The minimum atomic E-state index is -0.320. The maximum absolute atomic E-state index is 14.0. The van der Waals surface area contributed by atoms with Crippen LogP contribution in [0, 0.1) is 54.3 Å². The molecule has 8 aromatic heterocycles. The number of aryl methyl sites for hydroxylation is 11. The van der Waals surface area contributed by atoms with Crippen LogP contribution in [0.25, 0.3) is 133 Å². The summed E-state index contributed by atoms with van der Waals surface area (Å²) in [7, 11) is 8.26. The number of aromatic nitrogens is 4. The molecule has 16 rings (SSSR count). The Labute approximate surface area is 510 Å². The third-order valence-electron chi connectivity index (χ3n) is 17.0. The van der Waals surface area contributed by atoms with Crippen LogP contribution in [0.3, 0.4) is 0 Å². The minimum absolute atomic E-state index is 0.320. The highest BCUT2D eigenvalue weighted by Crippen LogP contribution is 2.38. The number of hydrogen-bond acceptors (Lipinski definition) is 4. The van der Waals surface area contributed by atoms with Crippen molar-refractivity contribution in [3.05, 3.63) is 264 Å². The van der Waals surface area contributed by atoms with Gasteiger partial charge in [-0.05, 0) is 167 Å². The Bertz CT molecular complexity index is 5390. The minimum Gasteiger partial charge on any atom is -0.456 e. The first kappa shape index (κ1) is 56.6. The van der Waals surface area contributed by atoms with Gasteiger partial charge in [-0.25, -0.2) is 22.7 Å². The summed E-state index contributed by atoms with van der Waals surface area (Å²) in [5.74, 6) is -0.320. The van der Waals surface area contributed by atoms with Gasteiger partial charge in [0.15, 0.2) is 36.2 Å². The van der Waals surface area contributed by atoms with E-state index < -0.39 is 0 Å². The highest BCUT2D eigenvalue weighted by Gasteiger charge is 2.21. The Morgan fingerprint density at radius 1 is 0.273 bits per heavy atom. The van der Waals surface area contributed by atoms with Crippen molar-refractivity contribution in [3.8, 4) is 45.0 Å². The van der Waals surface area contributed by atoms with Crippen molar-refractivity contribution in [2.45, 2.75) is 48.5 Å². The maximum Gasteiger partial charge on any atom is 0.212 e. The quantitative estimate of drug-likeness (QED) is 0.165. The molecule has 0 saturated heterocycles. The van der Waals surface area contributed by atoms with E-state index in [1.165, 1.54) is 106 Å². The molecular formula is C79H69FN4O4+4. The molecule has 0 atom stereocenters. The number of fused-ring (bicyclic) bond motifs is 12. The molecule has 0 radical (unpaired) electrons. The van der Waals surface area contributed by atoms with Crippen LogP contribution in [0.5, 0.6) is 0 Å². The average molecular weight is 1160 g/mol. The van der Waals surface area contributed by atoms with Gasteiger partial charge in [-0.15, -0.1) is 0 Å². The van der Waals surface area contributed by atoms with Gasteiger partial charge < -0.3 is 17.7 Å². The smallest absolute Gasteiger partial charge is 0.212 e. The molecule has 9 heteroatoms. The van der Waals surface area contributed by atoms with Gasteiger partial charge in [0.2, 0.25) is 22.8 Å². The SMILES string of the molecule is Cc1cc2c(cc1-c1cccc[n+]1C)oc1ccccc12.Cc1cc[n+](C)c(-c2cc3oc4c(F)cccc4c3cc2C)c1.Cc1cc[n+](C)c(-c2cc3oc4ccccc4c3cc2C)c1.Cc1ccc(-c2cc3oc4ccccc4c3cc2C)[n+](C)c1. The zero-order chi connectivity index (χ0) is 61.1. The second-order valence-electron chi connectivity index (χ2n) is 23.5. The standard InChI is InChI=1S/C20H17FNO.2C20H18NO.C19H16NO/c1-12-7-8-22(3)18(9-12)15-11-19-16(10-13(15)2)14-5-4-6-17(21)20(14)23-19;1-13-8-9-18(21(3)12-13)16-11-20-17(10-14(16)2)15-6-4-5-7-19(15)22-20;1-13-8-9-21(3)18(10-13)16-12-20-17(11-14(16)2)15-6-4-5-7-19(15)22-20;1-13-11-16-14-7-3-4-9-18(14)21-19(16)12-15(13)17-8-5-6-10-20(17)2/h4-11H,1-3H3;2*4-12H,1-3H3;3-12H,1-2H3/q4*+1. The lowest BCUT2D eigenvalue weighted by atomic mass is 10.0. The van der Waals surface area contributed by atoms with Crippen molar-refractivity contribution >= 4 is 87.8 Å². The molecule has 0 fully saturated rings. The second kappa shape index (κ2) is 23.1. The summed E-state index contributed by atoms with van der Waals surface area (Å²) >= 11 is 0. The van der Waals surface area contributed by atoms with E-state index in [1.807, 2.05) is 67.8 Å². The Kier molecular flexibility index (Phi) is 14.8. The van der Waals surface area contributed by atoms with Gasteiger partial charge in [0.25, 0.3) is 0 Å². The molecule has 0 aliphatic rings. The molecule has 0 saturated carbocycles. The normalized spacial score (nSPS) is 11.4. The van der Waals surface area contributed by atoms with Crippen molar-refractivity contribution in [2.75, 3.05) is 0 Å². The van der Waals surface area contributed by atoms with Gasteiger partial charge in [0.05, 0.1) is 22.3 Å². The van der Waals surface area contributed by atoms with E-state index in [9.17, 15) is 4.39 Å². The molecule has 0 spiro atoms. The number of para-hydroxylation sites is 4. The molecule has 0 aliphatic carbocycles. The summed E-state index contributed by atoms with van der Waals surface area (Å²) in [4.78, 5) is 0. The molecule has 0 amide bonds. The third-order valence-corrected chi connectivity index (χ3v) is 17.0. The first-order valence-corrected chi connectivity index (χ1v) is 29.8. The zero-order valence-electron chi connectivity index (χ0n) is 51.6. The van der Waals surface area contributed by atoms with Gasteiger partial charge in [-0.2, -0.15) is 0 Å². The molecule has 0 unspecified atom stereocenters. The van der Waals surface area contributed by atoms with Crippen LogP contribution in [0.15, 0.2) is 237 Å². The molecule has 16 aromatic rings. The van der Waals surface area contributed by atoms with Crippen LogP contribution in [0.1, 0.15) is 38.9 Å². The number of hydrogen-bond donors (Lipinski definition) is 0. The average Bonchev–Trinajstić information content (AvgIpc) is 4.02. The Hall–Kier alpha value is -10.5. The summed E-state index contributed by atoms with van der Waals surface area (Å²) in [6.45, 7) is 14.9. The summed E-state index contributed by atoms with van der Waals surface area (Å²) < 4.78 is 46.4. The van der Waals surface area contributed by atoms with Crippen LogP contribution < -0.4 is 18.3 Å². The summed E-state index contributed by atoms with van der Waals surface area (Å²) in [5, 5.41) is 8.88. The summed E-state index contributed by atoms with van der Waals surface area (Å²) in [6, 6.07) is 66.1. The Morgan fingerprint density at radius 2 is 0.648 bits per heavy atom. The van der Waals surface area contributed by atoms with Gasteiger partial charge in [-0.3, -0.25) is 0 Å². The van der Waals surface area contributed by atoms with Crippen LogP contribution in [0.2, 0.25) is 0 Å². The highest BCUT2D eigenvalue weighted by atomic mass is 19.1. The molecule has 0 N–H and O–H groups in total. The summed E-state index contributed by atoms with van der Waals surface area (Å²) in [6.07, 6.45) is 8.37. The van der Waals surface area contributed by atoms with E-state index in [-0.39, 0.29) is 5.82 Å². The van der Waals surface area contributed by atoms with Crippen molar-refractivity contribution in [3.63, 3.8) is 0 Å². The van der Waals surface area contributed by atoms with E-state index in [0.717, 1.165) is 61.1 Å². The van der Waals surface area contributed by atoms with Gasteiger partial charge in [0.1, 0.15) is 67.3 Å². The first-order chi connectivity index (χ1) is 42.5. The monoisotopic (exact) mass is 1160 g/mol. The van der Waals surface area contributed by atoms with E-state index in [2.05, 4.69) is 234 Å². The molecule has 8 heterocycles.